The van der Waals surface area contributed by atoms with Crippen LogP contribution in [0.15, 0.2) is 0 Å². The summed E-state index contributed by atoms with van der Waals surface area (Å²) >= 11 is 0. The fourth-order valence-corrected chi connectivity index (χ4v) is 4.12. The Kier molecular flexibility index (Phi) is 34.3. The topological polar surface area (TPSA) is 40.5 Å². The Hall–Kier alpha value is -0.0800. The van der Waals surface area contributed by atoms with E-state index in [-0.39, 0.29) is 6.10 Å². The van der Waals surface area contributed by atoms with Gasteiger partial charge in [0.15, 0.2) is 0 Å². The van der Waals surface area contributed by atoms with Crippen LogP contribution in [0.5, 0.6) is 0 Å². The van der Waals surface area contributed by atoms with Gasteiger partial charge in [-0.05, 0) is 19.3 Å². The van der Waals surface area contributed by atoms with Crippen LogP contribution in [0.3, 0.4) is 0 Å². The van der Waals surface area contributed by atoms with Crippen molar-refractivity contribution in [2.24, 2.45) is 0 Å². The third-order valence-electron chi connectivity index (χ3n) is 6.27. The summed E-state index contributed by atoms with van der Waals surface area (Å²) in [7, 11) is 0. The van der Waals surface area contributed by atoms with Crippen molar-refractivity contribution in [1.29, 1.82) is 0 Å². The van der Waals surface area contributed by atoms with Crippen molar-refractivity contribution in [2.45, 2.75) is 181 Å². The first-order valence-corrected chi connectivity index (χ1v) is 14.5. The number of hydrogen-bond donors (Lipinski definition) is 2. The van der Waals surface area contributed by atoms with Crippen molar-refractivity contribution >= 4 is 0 Å². The van der Waals surface area contributed by atoms with E-state index >= 15 is 0 Å². The minimum absolute atomic E-state index is 0.0323. The molecule has 0 saturated heterocycles. The van der Waals surface area contributed by atoms with Crippen LogP contribution < -0.4 is 0 Å². The standard InChI is InChI=1S/C15H32O.C14H30O/c1-2-3-4-5-6-7-8-9-10-11-12-13-14-15-16;1-3-5-6-7-8-9-10-11-13-14(15)12-4-2/h16H,2-15H2,1H3;14-15H,3-13H2,1-2H3. The predicted octanol–water partition coefficient (Wildman–Crippen LogP) is 9.75. The van der Waals surface area contributed by atoms with Crippen molar-refractivity contribution in [3.63, 3.8) is 0 Å². The molecule has 0 aromatic rings. The minimum Gasteiger partial charge on any atom is -0.396 e. The van der Waals surface area contributed by atoms with Gasteiger partial charge in [-0.15, -0.1) is 0 Å². The quantitative estimate of drug-likeness (QED) is 0.146. The molecule has 0 aromatic heterocycles. The molecule has 0 rings (SSSR count). The van der Waals surface area contributed by atoms with Gasteiger partial charge in [0, 0.05) is 6.61 Å². The maximum absolute atomic E-state index is 9.52. The van der Waals surface area contributed by atoms with Gasteiger partial charge in [-0.25, -0.2) is 0 Å². The van der Waals surface area contributed by atoms with Crippen molar-refractivity contribution in [3.05, 3.63) is 0 Å². The summed E-state index contributed by atoms with van der Waals surface area (Å²) < 4.78 is 0. The van der Waals surface area contributed by atoms with Crippen LogP contribution >= 0.6 is 0 Å². The Morgan fingerprint density at radius 1 is 0.387 bits per heavy atom. The molecule has 0 amide bonds. The molecule has 0 aliphatic heterocycles. The van der Waals surface area contributed by atoms with Gasteiger partial charge in [0.05, 0.1) is 6.10 Å². The summed E-state index contributed by atoms with van der Waals surface area (Å²) in [5, 5.41) is 18.1. The van der Waals surface area contributed by atoms with E-state index in [1.165, 1.54) is 128 Å². The highest BCUT2D eigenvalue weighted by Gasteiger charge is 2.01. The molecule has 190 valence electrons. The molecular weight excluding hydrogens is 380 g/mol. The lowest BCUT2D eigenvalue weighted by atomic mass is 10.0. The van der Waals surface area contributed by atoms with Crippen LogP contribution in [0.1, 0.15) is 175 Å². The van der Waals surface area contributed by atoms with Crippen LogP contribution in [-0.4, -0.2) is 22.9 Å². The normalized spacial score (nSPS) is 11.9. The fraction of sp³-hybridized carbons (Fsp3) is 1.00. The van der Waals surface area contributed by atoms with Crippen molar-refractivity contribution in [2.75, 3.05) is 6.61 Å². The van der Waals surface area contributed by atoms with Gasteiger partial charge >= 0.3 is 0 Å². The molecule has 31 heavy (non-hydrogen) atoms. The first kappa shape index (κ1) is 33.1. The lowest BCUT2D eigenvalue weighted by Crippen LogP contribution is -2.04. The average molecular weight is 443 g/mol. The van der Waals surface area contributed by atoms with Crippen LogP contribution in [0.2, 0.25) is 0 Å². The second kappa shape index (κ2) is 32.1. The van der Waals surface area contributed by atoms with Crippen molar-refractivity contribution in [1.82, 2.24) is 0 Å². The highest BCUT2D eigenvalue weighted by molar-refractivity contribution is 4.55. The predicted molar refractivity (Wildman–Crippen MR) is 141 cm³/mol. The largest absolute Gasteiger partial charge is 0.396 e. The van der Waals surface area contributed by atoms with Crippen LogP contribution in [0.4, 0.5) is 0 Å². The first-order chi connectivity index (χ1) is 15.2. The van der Waals surface area contributed by atoms with Crippen LogP contribution in [0, 0.1) is 0 Å². The molecule has 0 aliphatic rings. The number of aliphatic hydroxyl groups is 2. The van der Waals surface area contributed by atoms with Crippen LogP contribution in [0.25, 0.3) is 0 Å². The lowest BCUT2D eigenvalue weighted by molar-refractivity contribution is 0.150. The summed E-state index contributed by atoms with van der Waals surface area (Å²) in [5.41, 5.74) is 0. The molecule has 1 unspecified atom stereocenters. The Labute approximate surface area is 198 Å². The van der Waals surface area contributed by atoms with Gasteiger partial charge in [0.2, 0.25) is 0 Å². The molecule has 1 atom stereocenters. The van der Waals surface area contributed by atoms with E-state index in [1.807, 2.05) is 0 Å². The van der Waals surface area contributed by atoms with Crippen molar-refractivity contribution < 1.29 is 10.2 Å². The third-order valence-corrected chi connectivity index (χ3v) is 6.27. The SMILES string of the molecule is CCCCCCCCCCC(O)CCC.CCCCCCCCCCCCCCCO. The van der Waals surface area contributed by atoms with Gasteiger partial charge in [-0.2, -0.15) is 0 Å². The van der Waals surface area contributed by atoms with Gasteiger partial charge < -0.3 is 10.2 Å². The highest BCUT2D eigenvalue weighted by Crippen LogP contribution is 2.13. The molecule has 0 fully saturated rings. The molecule has 0 aromatic carbocycles. The Bertz CT molecular complexity index is 266. The Morgan fingerprint density at radius 2 is 0.710 bits per heavy atom. The number of hydrogen-bond acceptors (Lipinski definition) is 2. The lowest BCUT2D eigenvalue weighted by Gasteiger charge is -2.08. The molecule has 0 heterocycles. The highest BCUT2D eigenvalue weighted by atomic mass is 16.3. The summed E-state index contributed by atoms with van der Waals surface area (Å²) in [6.07, 6.45) is 31.6. The zero-order valence-corrected chi connectivity index (χ0v) is 22.1. The smallest absolute Gasteiger partial charge is 0.0540 e. The van der Waals surface area contributed by atoms with E-state index in [0.717, 1.165) is 25.7 Å². The Morgan fingerprint density at radius 3 is 1.03 bits per heavy atom. The minimum atomic E-state index is -0.0323. The summed E-state index contributed by atoms with van der Waals surface area (Å²) in [6, 6.07) is 0. The zero-order chi connectivity index (χ0) is 23.3. The molecule has 0 spiro atoms. The van der Waals surface area contributed by atoms with Gasteiger partial charge in [-0.3, -0.25) is 0 Å². The van der Waals surface area contributed by atoms with E-state index in [1.54, 1.807) is 0 Å². The number of aliphatic hydroxyl groups excluding tert-OH is 2. The molecule has 0 saturated carbocycles. The van der Waals surface area contributed by atoms with E-state index in [2.05, 4.69) is 20.8 Å². The average Bonchev–Trinajstić information content (AvgIpc) is 2.77. The van der Waals surface area contributed by atoms with Gasteiger partial charge in [-0.1, -0.05) is 156 Å². The second-order valence-electron chi connectivity index (χ2n) is 9.67. The Balaban J connectivity index is 0. The zero-order valence-electron chi connectivity index (χ0n) is 22.1. The van der Waals surface area contributed by atoms with Crippen molar-refractivity contribution in [3.8, 4) is 0 Å². The molecule has 0 radical (unpaired) electrons. The first-order valence-electron chi connectivity index (χ1n) is 14.5. The van der Waals surface area contributed by atoms with Gasteiger partial charge in [0.1, 0.15) is 0 Å². The maximum Gasteiger partial charge on any atom is 0.0540 e. The van der Waals surface area contributed by atoms with E-state index in [0.29, 0.717) is 6.61 Å². The number of unbranched alkanes of at least 4 members (excludes halogenated alkanes) is 19. The molecular formula is C29H62O2. The van der Waals surface area contributed by atoms with E-state index < -0.39 is 0 Å². The molecule has 2 N–H and O–H groups in total. The third kappa shape index (κ3) is 34.7. The van der Waals surface area contributed by atoms with Crippen LogP contribution in [-0.2, 0) is 0 Å². The van der Waals surface area contributed by atoms with E-state index in [9.17, 15) is 5.11 Å². The second-order valence-corrected chi connectivity index (χ2v) is 9.67. The number of rotatable bonds is 24. The summed E-state index contributed by atoms with van der Waals surface area (Å²) in [5.74, 6) is 0. The summed E-state index contributed by atoms with van der Waals surface area (Å²) in [4.78, 5) is 0. The molecule has 2 heteroatoms. The molecule has 2 nitrogen and oxygen atoms in total. The van der Waals surface area contributed by atoms with E-state index in [4.69, 9.17) is 5.11 Å². The maximum atomic E-state index is 9.52. The monoisotopic (exact) mass is 442 g/mol. The van der Waals surface area contributed by atoms with Gasteiger partial charge in [0.25, 0.3) is 0 Å². The molecule has 0 aliphatic carbocycles. The molecule has 0 bridgehead atoms. The summed E-state index contributed by atoms with van der Waals surface area (Å²) in [6.45, 7) is 7.04. The fourth-order valence-electron chi connectivity index (χ4n) is 4.12.